The summed E-state index contributed by atoms with van der Waals surface area (Å²) in [5, 5.41) is 0. The molecule has 0 heterocycles. The van der Waals surface area contributed by atoms with E-state index in [2.05, 4.69) is 0 Å². The van der Waals surface area contributed by atoms with Gasteiger partial charge in [0.15, 0.2) is 0 Å². The van der Waals surface area contributed by atoms with Gasteiger partial charge in [-0.2, -0.15) is 13.2 Å². The molecule has 5 heteroatoms. The van der Waals surface area contributed by atoms with Crippen LogP contribution < -0.4 is 5.73 Å². The molecule has 2 atom stereocenters. The number of hydrogen-bond donors (Lipinski definition) is 1. The summed E-state index contributed by atoms with van der Waals surface area (Å²) in [4.78, 5) is 0. The summed E-state index contributed by atoms with van der Waals surface area (Å²) in [6, 6.07) is 3.56. The van der Waals surface area contributed by atoms with Crippen LogP contribution in [0.15, 0.2) is 24.3 Å². The molecule has 0 saturated heterocycles. The van der Waals surface area contributed by atoms with Gasteiger partial charge in [0, 0.05) is 0 Å². The van der Waals surface area contributed by atoms with Crippen molar-refractivity contribution >= 4 is 0 Å². The van der Waals surface area contributed by atoms with Gasteiger partial charge in [-0.25, -0.2) is 4.39 Å². The fourth-order valence-electron chi connectivity index (χ4n) is 1.44. The van der Waals surface area contributed by atoms with Gasteiger partial charge in [0.25, 0.3) is 0 Å². The van der Waals surface area contributed by atoms with E-state index < -0.39 is 18.0 Å². The van der Waals surface area contributed by atoms with Crippen molar-refractivity contribution in [1.82, 2.24) is 0 Å². The van der Waals surface area contributed by atoms with Gasteiger partial charge in [-0.3, -0.25) is 0 Å². The summed E-state index contributed by atoms with van der Waals surface area (Å²) >= 11 is 0. The van der Waals surface area contributed by atoms with E-state index in [4.69, 9.17) is 5.73 Å². The lowest BCUT2D eigenvalue weighted by molar-refractivity contribution is -0.149. The molecule has 0 fully saturated rings. The first-order valence-corrected chi connectivity index (χ1v) is 4.88. The summed E-state index contributed by atoms with van der Waals surface area (Å²) in [5.41, 5.74) is 5.67. The van der Waals surface area contributed by atoms with Crippen molar-refractivity contribution in [3.8, 4) is 0 Å². The molecule has 16 heavy (non-hydrogen) atoms. The van der Waals surface area contributed by atoms with Crippen molar-refractivity contribution in [3.63, 3.8) is 0 Å². The number of alkyl halides is 3. The average Bonchev–Trinajstić information content (AvgIpc) is 2.17. The van der Waals surface area contributed by atoms with Crippen LogP contribution in [0, 0.1) is 5.82 Å². The Kier molecular flexibility index (Phi) is 3.91. The highest BCUT2D eigenvalue weighted by Crippen LogP contribution is 2.27. The van der Waals surface area contributed by atoms with Gasteiger partial charge in [-0.15, -0.1) is 0 Å². The topological polar surface area (TPSA) is 26.0 Å². The van der Waals surface area contributed by atoms with Crippen LogP contribution in [-0.2, 0) is 0 Å². The lowest BCUT2D eigenvalue weighted by Gasteiger charge is -2.20. The van der Waals surface area contributed by atoms with Crippen LogP contribution in [0.4, 0.5) is 17.6 Å². The Morgan fingerprint density at radius 2 is 1.69 bits per heavy atom. The van der Waals surface area contributed by atoms with Crippen LogP contribution in [-0.4, -0.2) is 12.2 Å². The normalized spacial score (nSPS) is 15.9. The Hall–Kier alpha value is -1.10. The molecule has 0 spiro atoms. The molecule has 2 N–H and O–H groups in total. The quantitative estimate of drug-likeness (QED) is 0.800. The van der Waals surface area contributed by atoms with E-state index in [0.29, 0.717) is 5.56 Å². The fraction of sp³-hybridized carbons (Fsp3) is 0.455. The molecule has 0 aromatic heterocycles. The van der Waals surface area contributed by atoms with Crippen LogP contribution in [0.2, 0.25) is 0 Å². The van der Waals surface area contributed by atoms with Gasteiger partial charge >= 0.3 is 6.18 Å². The first kappa shape index (κ1) is 13.0. The highest BCUT2D eigenvalue weighted by molar-refractivity contribution is 5.20. The molecule has 1 aromatic rings. The van der Waals surface area contributed by atoms with E-state index in [1.54, 1.807) is 6.92 Å². The first-order valence-electron chi connectivity index (χ1n) is 4.88. The van der Waals surface area contributed by atoms with Crippen LogP contribution >= 0.6 is 0 Å². The molecule has 0 amide bonds. The maximum atomic E-state index is 12.6. The van der Waals surface area contributed by atoms with E-state index in [1.807, 2.05) is 0 Å². The largest absolute Gasteiger partial charge is 0.403 e. The number of nitrogens with two attached hydrogens (primary N) is 1. The van der Waals surface area contributed by atoms with E-state index in [1.165, 1.54) is 24.3 Å². The SMILES string of the molecule is CC(CC(N)C(F)(F)F)c1ccc(F)cc1. The Balaban J connectivity index is 2.65. The van der Waals surface area contributed by atoms with Crippen LogP contribution in [0.1, 0.15) is 24.8 Å². The van der Waals surface area contributed by atoms with Gasteiger partial charge in [-0.05, 0) is 30.0 Å². The zero-order valence-electron chi connectivity index (χ0n) is 8.76. The van der Waals surface area contributed by atoms with E-state index >= 15 is 0 Å². The number of hydrogen-bond acceptors (Lipinski definition) is 1. The average molecular weight is 235 g/mol. The monoisotopic (exact) mass is 235 g/mol. The lowest BCUT2D eigenvalue weighted by atomic mass is 9.94. The van der Waals surface area contributed by atoms with Crippen molar-refractivity contribution in [2.45, 2.75) is 31.5 Å². The van der Waals surface area contributed by atoms with Crippen LogP contribution in [0.25, 0.3) is 0 Å². The Bertz CT molecular complexity index is 331. The summed E-state index contributed by atoms with van der Waals surface area (Å²) in [6.07, 6.45) is -4.58. The minimum absolute atomic E-state index is 0.199. The fourth-order valence-corrected chi connectivity index (χ4v) is 1.44. The molecule has 90 valence electrons. The minimum atomic E-state index is -4.38. The zero-order valence-corrected chi connectivity index (χ0v) is 8.76. The number of benzene rings is 1. The summed E-state index contributed by atoms with van der Waals surface area (Å²) < 4.78 is 49.2. The van der Waals surface area contributed by atoms with E-state index in [-0.39, 0.29) is 12.3 Å². The van der Waals surface area contributed by atoms with Gasteiger partial charge < -0.3 is 5.73 Å². The van der Waals surface area contributed by atoms with Crippen molar-refractivity contribution in [2.24, 2.45) is 5.73 Å². The second-order valence-electron chi connectivity index (χ2n) is 3.84. The number of rotatable bonds is 3. The van der Waals surface area contributed by atoms with Crippen LogP contribution in [0.5, 0.6) is 0 Å². The molecule has 0 aliphatic carbocycles. The second kappa shape index (κ2) is 4.82. The van der Waals surface area contributed by atoms with Crippen molar-refractivity contribution in [3.05, 3.63) is 35.6 Å². The molecule has 1 rings (SSSR count). The minimum Gasteiger partial charge on any atom is -0.320 e. The van der Waals surface area contributed by atoms with Gasteiger partial charge in [0.1, 0.15) is 11.9 Å². The molecule has 0 aliphatic rings. The highest BCUT2D eigenvalue weighted by atomic mass is 19.4. The summed E-state index contributed by atoms with van der Waals surface area (Å²) in [5.74, 6) is -0.756. The van der Waals surface area contributed by atoms with Crippen LogP contribution in [0.3, 0.4) is 0 Å². The molecular formula is C11H13F4N. The molecule has 1 nitrogen and oxygen atoms in total. The second-order valence-corrected chi connectivity index (χ2v) is 3.84. The lowest BCUT2D eigenvalue weighted by Crippen LogP contribution is -2.38. The van der Waals surface area contributed by atoms with Gasteiger partial charge in [-0.1, -0.05) is 19.1 Å². The van der Waals surface area contributed by atoms with Gasteiger partial charge in [0.05, 0.1) is 0 Å². The highest BCUT2D eigenvalue weighted by Gasteiger charge is 2.37. The maximum absolute atomic E-state index is 12.6. The third kappa shape index (κ3) is 3.48. The predicted octanol–water partition coefficient (Wildman–Crippen LogP) is 3.21. The Morgan fingerprint density at radius 1 is 1.19 bits per heavy atom. The van der Waals surface area contributed by atoms with Gasteiger partial charge in [0.2, 0.25) is 0 Å². The molecule has 0 radical (unpaired) electrons. The molecule has 0 saturated carbocycles. The Labute approximate surface area is 91.3 Å². The molecular weight excluding hydrogens is 222 g/mol. The third-order valence-corrected chi connectivity index (χ3v) is 2.47. The standard InChI is InChI=1S/C11H13F4N/c1-7(6-10(16)11(13,14)15)8-2-4-9(12)5-3-8/h2-5,7,10H,6,16H2,1H3. The zero-order chi connectivity index (χ0) is 12.3. The van der Waals surface area contributed by atoms with Crippen molar-refractivity contribution in [1.29, 1.82) is 0 Å². The predicted molar refractivity (Wildman–Crippen MR) is 53.5 cm³/mol. The van der Waals surface area contributed by atoms with E-state index in [9.17, 15) is 17.6 Å². The van der Waals surface area contributed by atoms with E-state index in [0.717, 1.165) is 0 Å². The smallest absolute Gasteiger partial charge is 0.320 e. The molecule has 1 aromatic carbocycles. The molecule has 2 unspecified atom stereocenters. The van der Waals surface area contributed by atoms with Crippen molar-refractivity contribution in [2.75, 3.05) is 0 Å². The molecule has 0 bridgehead atoms. The third-order valence-electron chi connectivity index (χ3n) is 2.47. The Morgan fingerprint density at radius 3 is 2.12 bits per heavy atom. The first-order chi connectivity index (χ1) is 7.30. The van der Waals surface area contributed by atoms with Crippen molar-refractivity contribution < 1.29 is 17.6 Å². The summed E-state index contributed by atoms with van der Waals surface area (Å²) in [6.45, 7) is 1.64. The summed E-state index contributed by atoms with van der Waals surface area (Å²) in [7, 11) is 0. The maximum Gasteiger partial charge on any atom is 0.403 e. The number of halogens is 4. The molecule has 0 aliphatic heterocycles.